The van der Waals surface area contributed by atoms with Crippen molar-refractivity contribution in [3.05, 3.63) is 29.8 Å². The lowest BCUT2D eigenvalue weighted by molar-refractivity contribution is -0.131. The lowest BCUT2D eigenvalue weighted by Gasteiger charge is -2.26. The summed E-state index contributed by atoms with van der Waals surface area (Å²) in [5.41, 5.74) is 1.11. The molecule has 1 atom stereocenters. The van der Waals surface area contributed by atoms with Crippen molar-refractivity contribution < 1.29 is 14.3 Å². The van der Waals surface area contributed by atoms with Crippen molar-refractivity contribution in [3.8, 4) is 5.75 Å². The number of carbonyl (C=O) groups is 2. The summed E-state index contributed by atoms with van der Waals surface area (Å²) in [6, 6.07) is 7.59. The Kier molecular flexibility index (Phi) is 6.14. The summed E-state index contributed by atoms with van der Waals surface area (Å²) >= 11 is 0. The van der Waals surface area contributed by atoms with Crippen molar-refractivity contribution in [1.82, 2.24) is 15.5 Å². The molecule has 0 aromatic heterocycles. The SMILES string of the molecule is O=C(NCCC(=O)N1CCCCCC1)NC1COc2ccccc2C1. The van der Waals surface area contributed by atoms with E-state index in [-0.39, 0.29) is 18.0 Å². The normalized spacial score (nSPS) is 20.0. The maximum atomic E-state index is 12.2. The zero-order valence-corrected chi connectivity index (χ0v) is 14.6. The van der Waals surface area contributed by atoms with Gasteiger partial charge < -0.3 is 20.3 Å². The molecule has 2 aliphatic rings. The molecule has 0 saturated carbocycles. The van der Waals surface area contributed by atoms with Crippen LogP contribution in [0.2, 0.25) is 0 Å². The van der Waals surface area contributed by atoms with Crippen molar-refractivity contribution in [2.24, 2.45) is 0 Å². The molecule has 0 radical (unpaired) electrons. The van der Waals surface area contributed by atoms with Gasteiger partial charge in [-0.15, -0.1) is 0 Å². The fraction of sp³-hybridized carbons (Fsp3) is 0.579. The minimum Gasteiger partial charge on any atom is -0.491 e. The van der Waals surface area contributed by atoms with E-state index in [1.807, 2.05) is 29.2 Å². The van der Waals surface area contributed by atoms with Gasteiger partial charge in [-0.3, -0.25) is 4.79 Å². The minimum atomic E-state index is -0.239. The first-order chi connectivity index (χ1) is 12.2. The molecule has 1 aromatic rings. The van der Waals surface area contributed by atoms with Crippen LogP contribution in [0.15, 0.2) is 24.3 Å². The summed E-state index contributed by atoms with van der Waals surface area (Å²) < 4.78 is 5.67. The van der Waals surface area contributed by atoms with Crippen molar-refractivity contribution in [3.63, 3.8) is 0 Å². The summed E-state index contributed by atoms with van der Waals surface area (Å²) in [6.45, 7) is 2.54. The number of ether oxygens (including phenoxy) is 1. The molecule has 0 aliphatic carbocycles. The molecule has 1 aromatic carbocycles. The number of urea groups is 1. The molecule has 1 saturated heterocycles. The third-order valence-electron chi connectivity index (χ3n) is 4.80. The number of nitrogens with zero attached hydrogens (tertiary/aromatic N) is 1. The third-order valence-corrected chi connectivity index (χ3v) is 4.80. The summed E-state index contributed by atoms with van der Waals surface area (Å²) in [6.07, 6.45) is 5.70. The summed E-state index contributed by atoms with van der Waals surface area (Å²) in [5.74, 6) is 1.03. The standard InChI is InChI=1S/C19H27N3O3/c23-18(22-11-5-1-2-6-12-22)9-10-20-19(24)21-16-13-15-7-3-4-8-17(15)25-14-16/h3-4,7-8,16H,1-2,5-6,9-14H2,(H2,20,21,24). The van der Waals surface area contributed by atoms with Gasteiger partial charge in [-0.05, 0) is 30.9 Å². The predicted octanol–water partition coefficient (Wildman–Crippen LogP) is 2.08. The van der Waals surface area contributed by atoms with Crippen LogP contribution in [0.5, 0.6) is 5.75 Å². The van der Waals surface area contributed by atoms with Crippen molar-refractivity contribution in [1.29, 1.82) is 0 Å². The van der Waals surface area contributed by atoms with E-state index in [9.17, 15) is 9.59 Å². The number of carbonyl (C=O) groups excluding carboxylic acids is 2. The van der Waals surface area contributed by atoms with Crippen LogP contribution in [0.3, 0.4) is 0 Å². The Morgan fingerprint density at radius 1 is 1.12 bits per heavy atom. The Balaban J connectivity index is 1.36. The second-order valence-electron chi connectivity index (χ2n) is 6.77. The minimum absolute atomic E-state index is 0.0452. The van der Waals surface area contributed by atoms with Gasteiger partial charge in [0, 0.05) is 26.1 Å². The Morgan fingerprint density at radius 2 is 1.88 bits per heavy atom. The van der Waals surface area contributed by atoms with E-state index in [1.54, 1.807) is 0 Å². The molecule has 6 nitrogen and oxygen atoms in total. The van der Waals surface area contributed by atoms with Crippen LogP contribution < -0.4 is 15.4 Å². The summed E-state index contributed by atoms with van der Waals surface area (Å²) in [5, 5.41) is 5.71. The highest BCUT2D eigenvalue weighted by Gasteiger charge is 2.21. The van der Waals surface area contributed by atoms with Gasteiger partial charge in [0.25, 0.3) is 0 Å². The zero-order valence-electron chi connectivity index (χ0n) is 14.6. The van der Waals surface area contributed by atoms with Crippen LogP contribution in [-0.2, 0) is 11.2 Å². The fourth-order valence-electron chi connectivity index (χ4n) is 3.42. The molecule has 3 amide bonds. The van der Waals surface area contributed by atoms with E-state index in [2.05, 4.69) is 10.6 Å². The Hall–Kier alpha value is -2.24. The molecule has 2 heterocycles. The monoisotopic (exact) mass is 345 g/mol. The molecule has 2 aliphatic heterocycles. The lowest BCUT2D eigenvalue weighted by atomic mass is 10.0. The van der Waals surface area contributed by atoms with Gasteiger partial charge in [-0.2, -0.15) is 0 Å². The van der Waals surface area contributed by atoms with Gasteiger partial charge in [0.05, 0.1) is 6.04 Å². The van der Waals surface area contributed by atoms with E-state index in [0.29, 0.717) is 19.6 Å². The Labute approximate surface area is 148 Å². The van der Waals surface area contributed by atoms with Gasteiger partial charge >= 0.3 is 6.03 Å². The molecular formula is C19H27N3O3. The number of amides is 3. The fourth-order valence-corrected chi connectivity index (χ4v) is 3.42. The van der Waals surface area contributed by atoms with Crippen LogP contribution in [0.25, 0.3) is 0 Å². The maximum absolute atomic E-state index is 12.2. The zero-order chi connectivity index (χ0) is 17.5. The summed E-state index contributed by atoms with van der Waals surface area (Å²) in [7, 11) is 0. The Bertz CT molecular complexity index is 597. The number of fused-ring (bicyclic) bond motifs is 1. The molecule has 3 rings (SSSR count). The number of hydrogen-bond acceptors (Lipinski definition) is 3. The van der Waals surface area contributed by atoms with Crippen LogP contribution in [0, 0.1) is 0 Å². The van der Waals surface area contributed by atoms with Crippen molar-refractivity contribution >= 4 is 11.9 Å². The van der Waals surface area contributed by atoms with Crippen LogP contribution in [-0.4, -0.2) is 49.1 Å². The molecule has 2 N–H and O–H groups in total. The third kappa shape index (κ3) is 5.11. The average molecular weight is 345 g/mol. The van der Waals surface area contributed by atoms with E-state index in [4.69, 9.17) is 4.74 Å². The lowest BCUT2D eigenvalue weighted by Crippen LogP contribution is -2.47. The topological polar surface area (TPSA) is 70.7 Å². The molecular weight excluding hydrogens is 318 g/mol. The number of benzene rings is 1. The van der Waals surface area contributed by atoms with Crippen molar-refractivity contribution in [2.75, 3.05) is 26.2 Å². The molecule has 136 valence electrons. The van der Waals surface area contributed by atoms with E-state index in [0.717, 1.165) is 43.7 Å². The van der Waals surface area contributed by atoms with Crippen LogP contribution in [0.4, 0.5) is 4.79 Å². The van der Waals surface area contributed by atoms with Gasteiger partial charge in [0.1, 0.15) is 12.4 Å². The Morgan fingerprint density at radius 3 is 2.68 bits per heavy atom. The molecule has 0 bridgehead atoms. The van der Waals surface area contributed by atoms with E-state index >= 15 is 0 Å². The maximum Gasteiger partial charge on any atom is 0.315 e. The van der Waals surface area contributed by atoms with Gasteiger partial charge in [0.2, 0.25) is 5.91 Å². The molecule has 6 heteroatoms. The van der Waals surface area contributed by atoms with E-state index < -0.39 is 0 Å². The predicted molar refractivity (Wildman–Crippen MR) is 95.6 cm³/mol. The number of hydrogen-bond donors (Lipinski definition) is 2. The van der Waals surface area contributed by atoms with Crippen molar-refractivity contribution in [2.45, 2.75) is 44.6 Å². The first kappa shape index (κ1) is 17.6. The quantitative estimate of drug-likeness (QED) is 0.878. The van der Waals surface area contributed by atoms with Gasteiger partial charge in [-0.25, -0.2) is 4.79 Å². The first-order valence-electron chi connectivity index (χ1n) is 9.25. The highest BCUT2D eigenvalue weighted by atomic mass is 16.5. The van der Waals surface area contributed by atoms with E-state index in [1.165, 1.54) is 12.8 Å². The second-order valence-corrected chi connectivity index (χ2v) is 6.77. The second kappa shape index (κ2) is 8.74. The number of nitrogens with one attached hydrogen (secondary N) is 2. The molecule has 1 fully saturated rings. The van der Waals surface area contributed by atoms with Gasteiger partial charge in [0.15, 0.2) is 0 Å². The first-order valence-corrected chi connectivity index (χ1v) is 9.25. The smallest absolute Gasteiger partial charge is 0.315 e. The summed E-state index contributed by atoms with van der Waals surface area (Å²) in [4.78, 5) is 26.2. The van der Waals surface area contributed by atoms with Crippen LogP contribution >= 0.6 is 0 Å². The largest absolute Gasteiger partial charge is 0.491 e. The number of para-hydroxylation sites is 1. The number of rotatable bonds is 4. The molecule has 1 unspecified atom stereocenters. The highest BCUT2D eigenvalue weighted by molar-refractivity contribution is 5.78. The van der Waals surface area contributed by atoms with Gasteiger partial charge in [-0.1, -0.05) is 31.0 Å². The molecule has 0 spiro atoms. The molecule has 25 heavy (non-hydrogen) atoms. The number of likely N-dealkylation sites (tertiary alicyclic amines) is 1. The highest BCUT2D eigenvalue weighted by Crippen LogP contribution is 2.23. The van der Waals surface area contributed by atoms with Crippen LogP contribution in [0.1, 0.15) is 37.7 Å². The average Bonchev–Trinajstić information content (AvgIpc) is 2.91.